The van der Waals surface area contributed by atoms with Gasteiger partial charge in [-0.1, -0.05) is 24.6 Å². The Morgan fingerprint density at radius 2 is 2.00 bits per heavy atom. The fourth-order valence-corrected chi connectivity index (χ4v) is 2.26. The molecule has 0 amide bonds. The summed E-state index contributed by atoms with van der Waals surface area (Å²) in [5, 5.41) is 3.34. The maximum Gasteiger partial charge on any atom is 0.416 e. The molecule has 18 heavy (non-hydrogen) atoms. The van der Waals surface area contributed by atoms with Crippen LogP contribution in [0.5, 0.6) is 0 Å². The van der Waals surface area contributed by atoms with Crippen LogP contribution in [-0.2, 0) is 12.6 Å². The molecular formula is C13H17ClF3N. The maximum atomic E-state index is 12.5. The molecular weight excluding hydrogens is 263 g/mol. The van der Waals surface area contributed by atoms with E-state index in [1.807, 2.05) is 0 Å². The van der Waals surface area contributed by atoms with Crippen molar-refractivity contribution in [1.29, 1.82) is 0 Å². The largest absolute Gasteiger partial charge is 0.416 e. The van der Waals surface area contributed by atoms with E-state index in [1.165, 1.54) is 18.6 Å². The van der Waals surface area contributed by atoms with Gasteiger partial charge in [0, 0.05) is 6.04 Å². The molecule has 0 bridgehead atoms. The van der Waals surface area contributed by atoms with E-state index in [0.29, 0.717) is 12.5 Å². The Morgan fingerprint density at radius 3 is 2.61 bits per heavy atom. The second-order valence-electron chi connectivity index (χ2n) is 4.55. The lowest BCUT2D eigenvalue weighted by Crippen LogP contribution is -2.35. The van der Waals surface area contributed by atoms with E-state index < -0.39 is 11.7 Å². The summed E-state index contributed by atoms with van der Waals surface area (Å²) in [4.78, 5) is 0. The molecule has 1 saturated heterocycles. The monoisotopic (exact) mass is 279 g/mol. The van der Waals surface area contributed by atoms with Crippen molar-refractivity contribution in [2.75, 3.05) is 6.54 Å². The van der Waals surface area contributed by atoms with E-state index in [-0.39, 0.29) is 12.4 Å². The van der Waals surface area contributed by atoms with Gasteiger partial charge in [0.05, 0.1) is 5.56 Å². The lowest BCUT2D eigenvalue weighted by Gasteiger charge is -2.23. The van der Waals surface area contributed by atoms with Crippen LogP contribution in [0.15, 0.2) is 24.3 Å². The Morgan fingerprint density at radius 1 is 1.22 bits per heavy atom. The van der Waals surface area contributed by atoms with Crippen LogP contribution in [0.2, 0.25) is 0 Å². The van der Waals surface area contributed by atoms with E-state index in [9.17, 15) is 13.2 Å². The van der Waals surface area contributed by atoms with Crippen LogP contribution in [0.25, 0.3) is 0 Å². The molecule has 0 spiro atoms. The van der Waals surface area contributed by atoms with Crippen molar-refractivity contribution >= 4 is 12.4 Å². The fourth-order valence-electron chi connectivity index (χ4n) is 2.26. The zero-order valence-electron chi connectivity index (χ0n) is 9.96. The number of alkyl halides is 3. The maximum absolute atomic E-state index is 12.5. The molecule has 1 fully saturated rings. The topological polar surface area (TPSA) is 12.0 Å². The first kappa shape index (κ1) is 15.3. The lowest BCUT2D eigenvalue weighted by atomic mass is 9.97. The standard InChI is InChI=1S/C13H16F3N.ClH/c14-13(15,16)11-5-3-4-10(8-11)9-12-6-1-2-7-17-12;/h3-5,8,12,17H,1-2,6-7,9H2;1H. The molecule has 1 unspecified atom stereocenters. The van der Waals surface area contributed by atoms with Crippen LogP contribution >= 0.6 is 12.4 Å². The molecule has 1 N–H and O–H groups in total. The van der Waals surface area contributed by atoms with E-state index in [1.54, 1.807) is 6.07 Å². The average Bonchev–Trinajstić information content (AvgIpc) is 2.29. The molecule has 0 aliphatic carbocycles. The highest BCUT2D eigenvalue weighted by atomic mass is 35.5. The van der Waals surface area contributed by atoms with Crippen LogP contribution in [0.3, 0.4) is 0 Å². The van der Waals surface area contributed by atoms with Crippen LogP contribution < -0.4 is 5.32 Å². The van der Waals surface area contributed by atoms with Gasteiger partial charge in [0.15, 0.2) is 0 Å². The Balaban J connectivity index is 0.00000162. The summed E-state index contributed by atoms with van der Waals surface area (Å²) in [5.41, 5.74) is 0.213. The first-order valence-corrected chi connectivity index (χ1v) is 5.95. The van der Waals surface area contributed by atoms with E-state index in [0.717, 1.165) is 31.0 Å². The summed E-state index contributed by atoms with van der Waals surface area (Å²) >= 11 is 0. The van der Waals surface area contributed by atoms with Crippen LogP contribution in [-0.4, -0.2) is 12.6 Å². The summed E-state index contributed by atoms with van der Waals surface area (Å²) in [6.45, 7) is 0.976. The zero-order valence-corrected chi connectivity index (χ0v) is 10.8. The smallest absolute Gasteiger partial charge is 0.314 e. The van der Waals surface area contributed by atoms with Crippen molar-refractivity contribution < 1.29 is 13.2 Å². The molecule has 1 nitrogen and oxygen atoms in total. The molecule has 5 heteroatoms. The van der Waals surface area contributed by atoms with Crippen molar-refractivity contribution in [2.24, 2.45) is 0 Å². The number of piperidine rings is 1. The second kappa shape index (κ2) is 6.43. The van der Waals surface area contributed by atoms with E-state index in [4.69, 9.17) is 0 Å². The normalized spacial score (nSPS) is 20.3. The summed E-state index contributed by atoms with van der Waals surface area (Å²) in [6, 6.07) is 5.97. The number of nitrogens with one attached hydrogen (secondary N) is 1. The summed E-state index contributed by atoms with van der Waals surface area (Å²) < 4.78 is 37.6. The van der Waals surface area contributed by atoms with Crippen LogP contribution in [0.1, 0.15) is 30.4 Å². The highest BCUT2D eigenvalue weighted by Gasteiger charge is 2.30. The number of benzene rings is 1. The first-order chi connectivity index (χ1) is 8.05. The van der Waals surface area contributed by atoms with Crippen LogP contribution in [0, 0.1) is 0 Å². The average molecular weight is 280 g/mol. The number of halogens is 4. The van der Waals surface area contributed by atoms with Gasteiger partial charge in [0.2, 0.25) is 0 Å². The van der Waals surface area contributed by atoms with Gasteiger partial charge in [-0.15, -0.1) is 12.4 Å². The molecule has 0 saturated carbocycles. The molecule has 0 aromatic heterocycles. The van der Waals surface area contributed by atoms with Gasteiger partial charge >= 0.3 is 6.18 Å². The Labute approximate surface area is 111 Å². The lowest BCUT2D eigenvalue weighted by molar-refractivity contribution is -0.137. The molecule has 1 aromatic rings. The molecule has 1 aromatic carbocycles. The molecule has 1 heterocycles. The Bertz CT molecular complexity index is 373. The highest BCUT2D eigenvalue weighted by Crippen LogP contribution is 2.29. The number of hydrogen-bond donors (Lipinski definition) is 1. The summed E-state index contributed by atoms with van der Waals surface area (Å²) in [6.07, 6.45) is -0.175. The minimum atomic E-state index is -4.24. The SMILES string of the molecule is Cl.FC(F)(F)c1cccc(CC2CCCCN2)c1. The predicted octanol–water partition coefficient (Wildman–Crippen LogP) is 3.81. The third kappa shape index (κ3) is 4.18. The third-order valence-electron chi connectivity index (χ3n) is 3.15. The summed E-state index contributed by atoms with van der Waals surface area (Å²) in [5.74, 6) is 0. The summed E-state index contributed by atoms with van der Waals surface area (Å²) in [7, 11) is 0. The van der Waals surface area contributed by atoms with Gasteiger partial charge < -0.3 is 5.32 Å². The first-order valence-electron chi connectivity index (χ1n) is 5.95. The van der Waals surface area contributed by atoms with Gasteiger partial charge in [0.25, 0.3) is 0 Å². The molecule has 1 aliphatic heterocycles. The van der Waals surface area contributed by atoms with Gasteiger partial charge in [-0.3, -0.25) is 0 Å². The zero-order chi connectivity index (χ0) is 12.3. The van der Waals surface area contributed by atoms with E-state index in [2.05, 4.69) is 5.32 Å². The molecule has 102 valence electrons. The minimum absolute atomic E-state index is 0. The molecule has 1 atom stereocenters. The van der Waals surface area contributed by atoms with Crippen molar-refractivity contribution in [1.82, 2.24) is 5.32 Å². The van der Waals surface area contributed by atoms with Gasteiger partial charge in [-0.2, -0.15) is 13.2 Å². The van der Waals surface area contributed by atoms with Crippen molar-refractivity contribution in [3.63, 3.8) is 0 Å². The van der Waals surface area contributed by atoms with Crippen molar-refractivity contribution in [3.8, 4) is 0 Å². The predicted molar refractivity (Wildman–Crippen MR) is 68.0 cm³/mol. The van der Waals surface area contributed by atoms with Gasteiger partial charge in [-0.25, -0.2) is 0 Å². The van der Waals surface area contributed by atoms with Crippen LogP contribution in [0.4, 0.5) is 13.2 Å². The minimum Gasteiger partial charge on any atom is -0.314 e. The third-order valence-corrected chi connectivity index (χ3v) is 3.15. The Hall–Kier alpha value is -0.740. The second-order valence-corrected chi connectivity index (χ2v) is 4.55. The Kier molecular flexibility index (Phi) is 5.47. The van der Waals surface area contributed by atoms with Gasteiger partial charge in [0.1, 0.15) is 0 Å². The molecule has 0 radical (unpaired) electrons. The van der Waals surface area contributed by atoms with Crippen molar-refractivity contribution in [2.45, 2.75) is 37.9 Å². The molecule has 1 aliphatic rings. The number of hydrogen-bond acceptors (Lipinski definition) is 1. The number of rotatable bonds is 2. The van der Waals surface area contributed by atoms with E-state index >= 15 is 0 Å². The highest BCUT2D eigenvalue weighted by molar-refractivity contribution is 5.85. The van der Waals surface area contributed by atoms with Gasteiger partial charge in [-0.05, 0) is 37.4 Å². The molecule has 2 rings (SSSR count). The van der Waals surface area contributed by atoms with Crippen molar-refractivity contribution in [3.05, 3.63) is 35.4 Å². The fraction of sp³-hybridized carbons (Fsp3) is 0.538. The quantitative estimate of drug-likeness (QED) is 0.868.